The Balaban J connectivity index is 2.19. The van der Waals surface area contributed by atoms with Gasteiger partial charge in [0.2, 0.25) is 0 Å². The molecule has 0 aliphatic carbocycles. The fraction of sp³-hybridized carbons (Fsp3) is 0. The maximum absolute atomic E-state index is 12.8. The number of benzene rings is 1. The van der Waals surface area contributed by atoms with Gasteiger partial charge in [-0.2, -0.15) is 0 Å². The topological polar surface area (TPSA) is 71.5 Å². The minimum absolute atomic E-state index is 0.286. The van der Waals surface area contributed by atoms with E-state index in [4.69, 9.17) is 0 Å². The van der Waals surface area contributed by atoms with Gasteiger partial charge in [0.1, 0.15) is 11.2 Å². The van der Waals surface area contributed by atoms with Crippen molar-refractivity contribution in [3.63, 3.8) is 0 Å². The summed E-state index contributed by atoms with van der Waals surface area (Å²) in [6, 6.07) is 5.80. The van der Waals surface area contributed by atoms with E-state index in [0.717, 1.165) is 0 Å². The van der Waals surface area contributed by atoms with Crippen molar-refractivity contribution in [2.24, 2.45) is 0 Å². The average molecular weight is 242 g/mol. The lowest BCUT2D eigenvalue weighted by Crippen LogP contribution is -2.08. The molecule has 0 amide bonds. The third-order valence-electron chi connectivity index (χ3n) is 2.50. The first kappa shape index (κ1) is 10.5. The Hall–Kier alpha value is -2.63. The van der Waals surface area contributed by atoms with Crippen LogP contribution in [0.25, 0.3) is 22.4 Å². The van der Waals surface area contributed by atoms with E-state index in [0.29, 0.717) is 22.4 Å². The molecule has 0 spiro atoms. The lowest BCUT2D eigenvalue weighted by atomic mass is 10.2. The summed E-state index contributed by atoms with van der Waals surface area (Å²) >= 11 is 0. The molecule has 3 aromatic rings. The smallest absolute Gasteiger partial charge is 0.261 e. The Bertz CT molecular complexity index is 767. The second kappa shape index (κ2) is 3.99. The van der Waals surface area contributed by atoms with Crippen LogP contribution in [0.2, 0.25) is 0 Å². The SMILES string of the molecule is O=c1[nH]cnc2nc(-c3ccc(F)cc3)ncc12. The number of halogens is 1. The van der Waals surface area contributed by atoms with Crippen molar-refractivity contribution in [2.75, 3.05) is 0 Å². The van der Waals surface area contributed by atoms with Crippen LogP contribution in [0.5, 0.6) is 0 Å². The molecule has 2 heterocycles. The second-order valence-electron chi connectivity index (χ2n) is 3.67. The number of aromatic nitrogens is 4. The summed E-state index contributed by atoms with van der Waals surface area (Å²) in [4.78, 5) is 26.1. The molecule has 2 aromatic heterocycles. The van der Waals surface area contributed by atoms with Gasteiger partial charge >= 0.3 is 0 Å². The number of nitrogens with one attached hydrogen (secondary N) is 1. The molecule has 0 unspecified atom stereocenters. The van der Waals surface area contributed by atoms with Gasteiger partial charge in [0, 0.05) is 11.8 Å². The molecule has 88 valence electrons. The Morgan fingerprint density at radius 2 is 1.89 bits per heavy atom. The van der Waals surface area contributed by atoms with Gasteiger partial charge in [-0.3, -0.25) is 4.79 Å². The Morgan fingerprint density at radius 1 is 1.11 bits per heavy atom. The first-order valence-corrected chi connectivity index (χ1v) is 5.20. The maximum atomic E-state index is 12.8. The van der Waals surface area contributed by atoms with Gasteiger partial charge in [0.25, 0.3) is 5.56 Å². The fourth-order valence-electron chi connectivity index (χ4n) is 1.60. The molecule has 5 nitrogen and oxygen atoms in total. The monoisotopic (exact) mass is 242 g/mol. The standard InChI is InChI=1S/C12H7FN4O/c13-8-3-1-7(2-4-8)10-14-5-9-11(17-10)15-6-16-12(9)18/h1-6H,(H,14,15,16,17,18). The highest BCUT2D eigenvalue weighted by atomic mass is 19.1. The van der Waals surface area contributed by atoms with Crippen molar-refractivity contribution < 1.29 is 4.39 Å². The van der Waals surface area contributed by atoms with Crippen molar-refractivity contribution in [2.45, 2.75) is 0 Å². The summed E-state index contributed by atoms with van der Waals surface area (Å²) in [5.74, 6) is 0.0784. The van der Waals surface area contributed by atoms with Crippen molar-refractivity contribution in [1.29, 1.82) is 0 Å². The molecule has 1 aromatic carbocycles. The number of H-pyrrole nitrogens is 1. The second-order valence-corrected chi connectivity index (χ2v) is 3.67. The number of hydrogen-bond acceptors (Lipinski definition) is 4. The lowest BCUT2D eigenvalue weighted by molar-refractivity contribution is 0.628. The molecule has 6 heteroatoms. The summed E-state index contributed by atoms with van der Waals surface area (Å²) < 4.78 is 12.8. The average Bonchev–Trinajstić information content (AvgIpc) is 2.39. The van der Waals surface area contributed by atoms with Crippen molar-refractivity contribution in [1.82, 2.24) is 19.9 Å². The molecule has 0 saturated carbocycles. The van der Waals surface area contributed by atoms with Gasteiger partial charge in [0.05, 0.1) is 6.33 Å². The van der Waals surface area contributed by atoms with Crippen LogP contribution in [-0.2, 0) is 0 Å². The van der Waals surface area contributed by atoms with Crippen LogP contribution in [0.3, 0.4) is 0 Å². The molecule has 0 fully saturated rings. The van der Waals surface area contributed by atoms with Crippen molar-refractivity contribution >= 4 is 11.0 Å². The van der Waals surface area contributed by atoms with E-state index in [1.807, 2.05) is 0 Å². The number of nitrogens with zero attached hydrogens (tertiary/aromatic N) is 3. The summed E-state index contributed by atoms with van der Waals surface area (Å²) in [5.41, 5.74) is 0.694. The Labute approximate surface area is 100 Å². The quantitative estimate of drug-likeness (QED) is 0.702. The van der Waals surface area contributed by atoms with E-state index >= 15 is 0 Å². The van der Waals surface area contributed by atoms with Crippen LogP contribution in [0.4, 0.5) is 4.39 Å². The van der Waals surface area contributed by atoms with Crippen LogP contribution < -0.4 is 5.56 Å². The summed E-state index contributed by atoms with van der Waals surface area (Å²) in [5, 5.41) is 0.323. The first-order valence-electron chi connectivity index (χ1n) is 5.20. The zero-order valence-corrected chi connectivity index (χ0v) is 9.09. The van der Waals surface area contributed by atoms with E-state index < -0.39 is 0 Å². The van der Waals surface area contributed by atoms with E-state index in [2.05, 4.69) is 19.9 Å². The van der Waals surface area contributed by atoms with E-state index in [1.165, 1.54) is 24.7 Å². The molecule has 0 bridgehead atoms. The summed E-state index contributed by atoms with van der Waals surface area (Å²) in [6.07, 6.45) is 2.69. The molecule has 18 heavy (non-hydrogen) atoms. The maximum Gasteiger partial charge on any atom is 0.261 e. The number of rotatable bonds is 1. The molecule has 0 radical (unpaired) electrons. The van der Waals surface area contributed by atoms with Gasteiger partial charge < -0.3 is 4.98 Å². The molecule has 3 rings (SSSR count). The van der Waals surface area contributed by atoms with Crippen LogP contribution in [0, 0.1) is 5.82 Å². The van der Waals surface area contributed by atoms with Crippen LogP contribution in [-0.4, -0.2) is 19.9 Å². The summed E-state index contributed by atoms with van der Waals surface area (Å²) in [7, 11) is 0. The molecular weight excluding hydrogens is 235 g/mol. The molecule has 1 N–H and O–H groups in total. The zero-order chi connectivity index (χ0) is 12.5. The minimum Gasteiger partial charge on any atom is -0.312 e. The van der Waals surface area contributed by atoms with Crippen LogP contribution >= 0.6 is 0 Å². The predicted octanol–water partition coefficient (Wildman–Crippen LogP) is 1.52. The molecule has 0 aliphatic heterocycles. The third kappa shape index (κ3) is 1.73. The van der Waals surface area contributed by atoms with Crippen molar-refractivity contribution in [3.05, 3.63) is 53.0 Å². The fourth-order valence-corrected chi connectivity index (χ4v) is 1.60. The number of aromatic amines is 1. The highest BCUT2D eigenvalue weighted by Gasteiger charge is 2.06. The van der Waals surface area contributed by atoms with E-state index in [1.54, 1.807) is 12.1 Å². The number of hydrogen-bond donors (Lipinski definition) is 1. The highest BCUT2D eigenvalue weighted by molar-refractivity contribution is 5.74. The normalized spacial score (nSPS) is 10.7. The van der Waals surface area contributed by atoms with E-state index in [-0.39, 0.29) is 11.4 Å². The van der Waals surface area contributed by atoms with E-state index in [9.17, 15) is 9.18 Å². The van der Waals surface area contributed by atoms with Gasteiger partial charge in [0.15, 0.2) is 11.5 Å². The van der Waals surface area contributed by atoms with Crippen LogP contribution in [0.15, 0.2) is 41.6 Å². The first-order chi connectivity index (χ1) is 8.74. The molecule has 0 atom stereocenters. The number of fused-ring (bicyclic) bond motifs is 1. The van der Waals surface area contributed by atoms with Gasteiger partial charge in [-0.1, -0.05) is 0 Å². The Kier molecular flexibility index (Phi) is 2.33. The molecule has 0 saturated heterocycles. The summed E-state index contributed by atoms with van der Waals surface area (Å²) in [6.45, 7) is 0. The Morgan fingerprint density at radius 3 is 2.67 bits per heavy atom. The van der Waals surface area contributed by atoms with Crippen LogP contribution in [0.1, 0.15) is 0 Å². The largest absolute Gasteiger partial charge is 0.312 e. The minimum atomic E-state index is -0.325. The van der Waals surface area contributed by atoms with Gasteiger partial charge in [-0.15, -0.1) is 0 Å². The highest BCUT2D eigenvalue weighted by Crippen LogP contribution is 2.16. The van der Waals surface area contributed by atoms with Crippen molar-refractivity contribution in [3.8, 4) is 11.4 Å². The van der Waals surface area contributed by atoms with Gasteiger partial charge in [-0.25, -0.2) is 19.3 Å². The molecule has 0 aliphatic rings. The zero-order valence-electron chi connectivity index (χ0n) is 9.09. The van der Waals surface area contributed by atoms with Gasteiger partial charge in [-0.05, 0) is 24.3 Å². The lowest BCUT2D eigenvalue weighted by Gasteiger charge is -2.00. The third-order valence-corrected chi connectivity index (χ3v) is 2.50. The molecular formula is C12H7FN4O. The predicted molar refractivity (Wildman–Crippen MR) is 63.3 cm³/mol.